The molecule has 0 saturated carbocycles. The fourth-order valence-electron chi connectivity index (χ4n) is 3.34. The van der Waals surface area contributed by atoms with Crippen LogP contribution in [0.2, 0.25) is 0 Å². The molecule has 0 spiro atoms. The van der Waals surface area contributed by atoms with E-state index in [-0.39, 0.29) is 24.0 Å². The number of nitrogens with zero attached hydrogens (tertiary/aromatic N) is 2. The van der Waals surface area contributed by atoms with Crippen molar-refractivity contribution in [2.45, 2.75) is 32.5 Å². The van der Waals surface area contributed by atoms with E-state index in [0.29, 0.717) is 0 Å². The van der Waals surface area contributed by atoms with Crippen LogP contribution in [0.5, 0.6) is 5.75 Å². The van der Waals surface area contributed by atoms with Gasteiger partial charge in [-0.25, -0.2) is 9.18 Å². The largest absolute Gasteiger partial charge is 0.481 e. The minimum Gasteiger partial charge on any atom is -0.481 e. The lowest BCUT2D eigenvalue weighted by Gasteiger charge is -2.33. The van der Waals surface area contributed by atoms with E-state index < -0.39 is 34.2 Å². The molecule has 0 saturated heterocycles. The van der Waals surface area contributed by atoms with Gasteiger partial charge in [0.15, 0.2) is 11.6 Å². The number of hydrogen-bond acceptors (Lipinski definition) is 3. The molecule has 0 unspecified atom stereocenters. The molecule has 0 N–H and O–H groups in total. The Morgan fingerprint density at radius 2 is 1.85 bits per heavy atom. The summed E-state index contributed by atoms with van der Waals surface area (Å²) in [4.78, 5) is 25.9. The summed E-state index contributed by atoms with van der Waals surface area (Å²) < 4.78 is 37.1. The average Bonchev–Trinajstić information content (AvgIpc) is 2.61. The van der Waals surface area contributed by atoms with Crippen LogP contribution in [0.3, 0.4) is 0 Å². The summed E-state index contributed by atoms with van der Waals surface area (Å²) in [5, 5.41) is -0.0869. The molecule has 1 aliphatic heterocycles. The van der Waals surface area contributed by atoms with Crippen molar-refractivity contribution < 1.29 is 13.5 Å². The van der Waals surface area contributed by atoms with Crippen LogP contribution in [-0.2, 0) is 13.1 Å². The van der Waals surface area contributed by atoms with E-state index in [4.69, 9.17) is 4.74 Å². The van der Waals surface area contributed by atoms with Gasteiger partial charge in [-0.15, -0.1) is 0 Å². The third-order valence-electron chi connectivity index (χ3n) is 4.53. The summed E-state index contributed by atoms with van der Waals surface area (Å²) in [7, 11) is 0. The molecule has 0 bridgehead atoms. The lowest BCUT2D eigenvalue weighted by atomic mass is 10.1. The van der Waals surface area contributed by atoms with E-state index in [0.717, 1.165) is 20.7 Å². The minimum absolute atomic E-state index is 0.00437. The van der Waals surface area contributed by atoms with Crippen LogP contribution in [-0.4, -0.2) is 14.7 Å². The van der Waals surface area contributed by atoms with Gasteiger partial charge in [0.25, 0.3) is 5.56 Å². The molecule has 2 heterocycles. The average molecular weight is 437 g/mol. The number of hydrogen-bond donors (Lipinski definition) is 0. The predicted molar refractivity (Wildman–Crippen MR) is 100 cm³/mol. The summed E-state index contributed by atoms with van der Waals surface area (Å²) in [6.07, 6.45) is 0. The lowest BCUT2D eigenvalue weighted by molar-refractivity contribution is 0.0726. The Hall–Kier alpha value is -2.48. The molecule has 0 radical (unpaired) electrons. The molecule has 1 aromatic heterocycles. The molecule has 0 fully saturated rings. The number of ether oxygens (including phenoxy) is 1. The standard InChI is InChI=1S/C19H15BrF2N2O3/c1-19(2)9-24-15-12(7-13(21)14(22)16(15)27-19)17(25)23(18(24)26)8-10-3-5-11(20)6-4-10/h3-7H,8-9H2,1-2H3. The van der Waals surface area contributed by atoms with E-state index in [2.05, 4.69) is 15.9 Å². The first-order chi connectivity index (χ1) is 12.7. The Kier molecular flexibility index (Phi) is 3.99. The Bertz CT molecular complexity index is 1200. The van der Waals surface area contributed by atoms with Crippen LogP contribution in [0.15, 0.2) is 44.4 Å². The van der Waals surface area contributed by atoms with Gasteiger partial charge in [-0.05, 0) is 37.6 Å². The van der Waals surface area contributed by atoms with Crippen molar-refractivity contribution in [1.82, 2.24) is 9.13 Å². The van der Waals surface area contributed by atoms with Crippen molar-refractivity contribution in [3.8, 4) is 5.75 Å². The van der Waals surface area contributed by atoms with Gasteiger partial charge in [-0.2, -0.15) is 4.39 Å². The molecule has 1 aliphatic rings. The maximum atomic E-state index is 14.3. The highest BCUT2D eigenvalue weighted by Crippen LogP contribution is 2.35. The van der Waals surface area contributed by atoms with Gasteiger partial charge in [0.05, 0.1) is 18.5 Å². The van der Waals surface area contributed by atoms with Gasteiger partial charge in [-0.1, -0.05) is 28.1 Å². The Morgan fingerprint density at radius 3 is 2.52 bits per heavy atom. The first-order valence-electron chi connectivity index (χ1n) is 8.27. The Balaban J connectivity index is 2.03. The summed E-state index contributed by atoms with van der Waals surface area (Å²) in [5.74, 6) is -2.78. The first-order valence-corrected chi connectivity index (χ1v) is 9.06. The molecule has 8 heteroatoms. The van der Waals surface area contributed by atoms with E-state index in [1.807, 2.05) is 0 Å². The molecule has 0 amide bonds. The summed E-state index contributed by atoms with van der Waals surface area (Å²) in [6, 6.07) is 7.98. The van der Waals surface area contributed by atoms with Crippen LogP contribution in [0.4, 0.5) is 8.78 Å². The number of benzene rings is 2. The highest BCUT2D eigenvalue weighted by molar-refractivity contribution is 9.10. The van der Waals surface area contributed by atoms with Gasteiger partial charge in [0.2, 0.25) is 5.82 Å². The zero-order chi connectivity index (χ0) is 19.5. The van der Waals surface area contributed by atoms with Gasteiger partial charge in [0, 0.05) is 4.47 Å². The fraction of sp³-hybridized carbons (Fsp3) is 0.263. The minimum atomic E-state index is -1.20. The molecular formula is C19H15BrF2N2O3. The number of aromatic nitrogens is 2. The van der Waals surface area contributed by atoms with Gasteiger partial charge in [0.1, 0.15) is 11.1 Å². The molecule has 27 heavy (non-hydrogen) atoms. The fourth-order valence-corrected chi connectivity index (χ4v) is 3.60. The molecule has 140 valence electrons. The third-order valence-corrected chi connectivity index (χ3v) is 5.06. The van der Waals surface area contributed by atoms with E-state index in [1.165, 1.54) is 4.57 Å². The van der Waals surface area contributed by atoms with Crippen LogP contribution in [0.1, 0.15) is 19.4 Å². The second-order valence-corrected chi connectivity index (χ2v) is 8.06. The Labute approximate surface area is 160 Å². The molecule has 0 aliphatic carbocycles. The SMILES string of the molecule is CC1(C)Cn2c(=O)n(Cc3ccc(Br)cc3)c(=O)c3cc(F)c(F)c(c32)O1. The maximum Gasteiger partial charge on any atom is 0.332 e. The molecule has 0 atom stereocenters. The monoisotopic (exact) mass is 436 g/mol. The summed E-state index contributed by atoms with van der Waals surface area (Å²) in [6.45, 7) is 3.48. The van der Waals surface area contributed by atoms with Crippen molar-refractivity contribution >= 4 is 26.8 Å². The van der Waals surface area contributed by atoms with E-state index >= 15 is 0 Å². The summed E-state index contributed by atoms with van der Waals surface area (Å²) >= 11 is 3.33. The van der Waals surface area contributed by atoms with E-state index in [9.17, 15) is 18.4 Å². The van der Waals surface area contributed by atoms with Crippen LogP contribution < -0.4 is 16.0 Å². The van der Waals surface area contributed by atoms with Crippen LogP contribution in [0.25, 0.3) is 10.9 Å². The quantitative estimate of drug-likeness (QED) is 0.618. The van der Waals surface area contributed by atoms with Gasteiger partial charge >= 0.3 is 5.69 Å². The molecule has 5 nitrogen and oxygen atoms in total. The predicted octanol–water partition coefficient (Wildman–Crippen LogP) is 3.42. The second kappa shape index (κ2) is 6.02. The normalized spacial score (nSPS) is 15.0. The molecule has 2 aromatic carbocycles. The van der Waals surface area contributed by atoms with E-state index in [1.54, 1.807) is 38.1 Å². The maximum absolute atomic E-state index is 14.3. The Morgan fingerprint density at radius 1 is 1.19 bits per heavy atom. The molecule has 3 aromatic rings. The number of halogens is 3. The smallest absolute Gasteiger partial charge is 0.332 e. The summed E-state index contributed by atoms with van der Waals surface area (Å²) in [5.41, 5.74) is -1.47. The zero-order valence-electron chi connectivity index (χ0n) is 14.6. The topological polar surface area (TPSA) is 53.2 Å². The second-order valence-electron chi connectivity index (χ2n) is 7.15. The van der Waals surface area contributed by atoms with Crippen molar-refractivity contribution in [3.05, 3.63) is 72.8 Å². The molecule has 4 rings (SSSR count). The highest BCUT2D eigenvalue weighted by Gasteiger charge is 2.34. The van der Waals surface area contributed by atoms with Crippen molar-refractivity contribution in [2.24, 2.45) is 0 Å². The molecular weight excluding hydrogens is 422 g/mol. The van der Waals surface area contributed by atoms with Crippen LogP contribution in [0, 0.1) is 11.6 Å². The lowest BCUT2D eigenvalue weighted by Crippen LogP contribution is -2.48. The van der Waals surface area contributed by atoms with Crippen molar-refractivity contribution in [1.29, 1.82) is 0 Å². The van der Waals surface area contributed by atoms with Gasteiger partial charge < -0.3 is 4.74 Å². The van der Waals surface area contributed by atoms with Gasteiger partial charge in [-0.3, -0.25) is 13.9 Å². The zero-order valence-corrected chi connectivity index (χ0v) is 16.1. The highest BCUT2D eigenvalue weighted by atomic mass is 79.9. The third kappa shape index (κ3) is 2.88. The van der Waals surface area contributed by atoms with Crippen molar-refractivity contribution in [3.63, 3.8) is 0 Å². The first kappa shape index (κ1) is 17.9. The van der Waals surface area contributed by atoms with Crippen molar-refractivity contribution in [2.75, 3.05) is 0 Å². The van der Waals surface area contributed by atoms with Crippen LogP contribution >= 0.6 is 15.9 Å². The number of rotatable bonds is 2.